The Bertz CT molecular complexity index is 631. The number of pyridine rings is 1. The first-order chi connectivity index (χ1) is 9.81. The van der Waals surface area contributed by atoms with Crippen LogP contribution < -0.4 is 5.32 Å². The number of anilines is 1. The summed E-state index contributed by atoms with van der Waals surface area (Å²) in [5.74, 6) is 0. The van der Waals surface area contributed by atoms with E-state index in [1.807, 2.05) is 12.1 Å². The van der Waals surface area contributed by atoms with E-state index in [0.29, 0.717) is 12.2 Å². The maximum absolute atomic E-state index is 9.24. The molecule has 1 aromatic heterocycles. The van der Waals surface area contributed by atoms with Crippen molar-refractivity contribution in [2.45, 2.75) is 19.8 Å². The second-order valence-corrected chi connectivity index (χ2v) is 4.64. The molecule has 0 bridgehead atoms. The van der Waals surface area contributed by atoms with Gasteiger partial charge in [-0.05, 0) is 18.4 Å². The zero-order chi connectivity index (χ0) is 14.4. The number of nitriles is 1. The number of hydrogen-bond acceptors (Lipinski definition) is 4. The summed E-state index contributed by atoms with van der Waals surface area (Å²) in [4.78, 5) is 4.46. The maximum Gasteiger partial charge on any atom is 0.103 e. The van der Waals surface area contributed by atoms with E-state index in [9.17, 15) is 5.26 Å². The molecule has 1 heterocycles. The van der Waals surface area contributed by atoms with Crippen LogP contribution in [0, 0.1) is 11.3 Å². The summed E-state index contributed by atoms with van der Waals surface area (Å²) in [5.41, 5.74) is 3.57. The van der Waals surface area contributed by atoms with Crippen molar-refractivity contribution in [1.82, 2.24) is 4.98 Å². The average molecular weight is 269 g/mol. The molecule has 20 heavy (non-hydrogen) atoms. The van der Waals surface area contributed by atoms with E-state index >= 15 is 0 Å². The third kappa shape index (κ3) is 2.89. The van der Waals surface area contributed by atoms with Crippen LogP contribution in [0.25, 0.3) is 10.9 Å². The number of aromatic nitrogens is 1. The van der Waals surface area contributed by atoms with E-state index in [2.05, 4.69) is 29.4 Å². The SMILES string of the molecule is CCCNc1c(C#N)cnc2c(CCOC)cccc12. The molecule has 0 saturated carbocycles. The Hall–Kier alpha value is -2.12. The first-order valence-corrected chi connectivity index (χ1v) is 6.85. The number of ether oxygens (including phenoxy) is 1. The molecule has 4 heteroatoms. The number of para-hydroxylation sites is 1. The van der Waals surface area contributed by atoms with Gasteiger partial charge in [-0.1, -0.05) is 25.1 Å². The first kappa shape index (κ1) is 14.3. The van der Waals surface area contributed by atoms with Gasteiger partial charge in [0.15, 0.2) is 0 Å². The van der Waals surface area contributed by atoms with Gasteiger partial charge in [-0.25, -0.2) is 0 Å². The Kier molecular flexibility index (Phi) is 4.91. The summed E-state index contributed by atoms with van der Waals surface area (Å²) in [6.07, 6.45) is 3.48. The van der Waals surface area contributed by atoms with Crippen LogP contribution in [0.5, 0.6) is 0 Å². The number of nitrogens with one attached hydrogen (secondary N) is 1. The molecule has 0 unspecified atom stereocenters. The summed E-state index contributed by atoms with van der Waals surface area (Å²) in [6, 6.07) is 8.29. The average Bonchev–Trinajstić information content (AvgIpc) is 2.50. The smallest absolute Gasteiger partial charge is 0.103 e. The lowest BCUT2D eigenvalue weighted by Gasteiger charge is -2.12. The highest BCUT2D eigenvalue weighted by atomic mass is 16.5. The zero-order valence-corrected chi connectivity index (χ0v) is 11.9. The molecule has 104 valence electrons. The minimum Gasteiger partial charge on any atom is -0.384 e. The highest BCUT2D eigenvalue weighted by Crippen LogP contribution is 2.28. The summed E-state index contributed by atoms with van der Waals surface area (Å²) in [7, 11) is 1.70. The number of benzene rings is 1. The molecular weight excluding hydrogens is 250 g/mol. The van der Waals surface area contributed by atoms with Crippen LogP contribution in [-0.2, 0) is 11.2 Å². The maximum atomic E-state index is 9.24. The topological polar surface area (TPSA) is 57.9 Å². The molecule has 0 amide bonds. The van der Waals surface area contributed by atoms with E-state index in [0.717, 1.165) is 41.5 Å². The van der Waals surface area contributed by atoms with Gasteiger partial charge in [0.2, 0.25) is 0 Å². The first-order valence-electron chi connectivity index (χ1n) is 6.85. The molecule has 0 aliphatic rings. The van der Waals surface area contributed by atoms with Gasteiger partial charge in [-0.15, -0.1) is 0 Å². The van der Waals surface area contributed by atoms with Crippen LogP contribution in [0.15, 0.2) is 24.4 Å². The summed E-state index contributed by atoms with van der Waals surface area (Å²) < 4.78 is 5.14. The Morgan fingerprint density at radius 2 is 2.25 bits per heavy atom. The summed E-state index contributed by atoms with van der Waals surface area (Å²) >= 11 is 0. The van der Waals surface area contributed by atoms with Crippen LogP contribution in [0.3, 0.4) is 0 Å². The van der Waals surface area contributed by atoms with E-state index < -0.39 is 0 Å². The molecule has 0 spiro atoms. The fraction of sp³-hybridized carbons (Fsp3) is 0.375. The second-order valence-electron chi connectivity index (χ2n) is 4.64. The molecule has 0 aliphatic carbocycles. The molecule has 0 fully saturated rings. The van der Waals surface area contributed by atoms with Crippen molar-refractivity contribution in [3.8, 4) is 6.07 Å². The lowest BCUT2D eigenvalue weighted by molar-refractivity contribution is 0.202. The standard InChI is InChI=1S/C16H19N3O/c1-3-8-18-16-13(10-17)11-19-15-12(7-9-20-2)5-4-6-14(15)16/h4-6,11H,3,7-9H2,1-2H3,(H,18,19). The molecule has 1 aromatic carbocycles. The Morgan fingerprint density at radius 1 is 1.40 bits per heavy atom. The molecule has 0 atom stereocenters. The Morgan fingerprint density at radius 3 is 2.95 bits per heavy atom. The fourth-order valence-corrected chi connectivity index (χ4v) is 2.22. The van der Waals surface area contributed by atoms with Crippen molar-refractivity contribution >= 4 is 16.6 Å². The van der Waals surface area contributed by atoms with Crippen molar-refractivity contribution in [1.29, 1.82) is 5.26 Å². The molecule has 0 radical (unpaired) electrons. The number of rotatable bonds is 6. The predicted molar refractivity (Wildman–Crippen MR) is 80.8 cm³/mol. The lowest BCUT2D eigenvalue weighted by Crippen LogP contribution is -2.04. The molecule has 1 N–H and O–H groups in total. The van der Waals surface area contributed by atoms with Crippen LogP contribution in [0.4, 0.5) is 5.69 Å². The van der Waals surface area contributed by atoms with E-state index in [1.54, 1.807) is 13.3 Å². The highest BCUT2D eigenvalue weighted by molar-refractivity contribution is 5.95. The quantitative estimate of drug-likeness (QED) is 0.875. The van der Waals surface area contributed by atoms with Gasteiger partial charge in [0.1, 0.15) is 6.07 Å². The molecule has 0 aliphatic heterocycles. The molecule has 2 rings (SSSR count). The lowest BCUT2D eigenvalue weighted by atomic mass is 10.0. The number of fused-ring (bicyclic) bond motifs is 1. The van der Waals surface area contributed by atoms with E-state index in [4.69, 9.17) is 4.74 Å². The van der Waals surface area contributed by atoms with Gasteiger partial charge in [-0.2, -0.15) is 5.26 Å². The van der Waals surface area contributed by atoms with Crippen LogP contribution in [-0.4, -0.2) is 25.2 Å². The van der Waals surface area contributed by atoms with Crippen LogP contribution in [0.1, 0.15) is 24.5 Å². The zero-order valence-electron chi connectivity index (χ0n) is 11.9. The van der Waals surface area contributed by atoms with Crippen molar-refractivity contribution in [3.63, 3.8) is 0 Å². The highest BCUT2D eigenvalue weighted by Gasteiger charge is 2.10. The van der Waals surface area contributed by atoms with Crippen molar-refractivity contribution in [2.75, 3.05) is 25.6 Å². The summed E-state index contributed by atoms with van der Waals surface area (Å²) in [5, 5.41) is 13.6. The van der Waals surface area contributed by atoms with Crippen molar-refractivity contribution in [2.24, 2.45) is 0 Å². The monoisotopic (exact) mass is 269 g/mol. The minimum absolute atomic E-state index is 0.592. The van der Waals surface area contributed by atoms with Gasteiger partial charge in [0.05, 0.1) is 23.4 Å². The van der Waals surface area contributed by atoms with Crippen molar-refractivity contribution < 1.29 is 4.74 Å². The number of methoxy groups -OCH3 is 1. The number of hydrogen-bond donors (Lipinski definition) is 1. The second kappa shape index (κ2) is 6.88. The summed E-state index contributed by atoms with van der Waals surface area (Å²) in [6.45, 7) is 3.61. The van der Waals surface area contributed by atoms with E-state index in [1.165, 1.54) is 0 Å². The van der Waals surface area contributed by atoms with Crippen molar-refractivity contribution in [3.05, 3.63) is 35.5 Å². The molecule has 2 aromatic rings. The Balaban J connectivity index is 2.53. The van der Waals surface area contributed by atoms with Gasteiger partial charge >= 0.3 is 0 Å². The molecular formula is C16H19N3O. The van der Waals surface area contributed by atoms with Crippen LogP contribution >= 0.6 is 0 Å². The molecule has 4 nitrogen and oxygen atoms in total. The van der Waals surface area contributed by atoms with Crippen LogP contribution in [0.2, 0.25) is 0 Å². The third-order valence-corrected chi connectivity index (χ3v) is 3.23. The van der Waals surface area contributed by atoms with Gasteiger partial charge < -0.3 is 10.1 Å². The minimum atomic E-state index is 0.592. The van der Waals surface area contributed by atoms with Gasteiger partial charge in [0.25, 0.3) is 0 Å². The number of nitrogens with zero attached hydrogens (tertiary/aromatic N) is 2. The van der Waals surface area contributed by atoms with Gasteiger partial charge in [0, 0.05) is 25.2 Å². The normalized spacial score (nSPS) is 10.4. The third-order valence-electron chi connectivity index (χ3n) is 3.23. The van der Waals surface area contributed by atoms with Gasteiger partial charge in [-0.3, -0.25) is 4.98 Å². The molecule has 0 saturated heterocycles. The predicted octanol–water partition coefficient (Wildman–Crippen LogP) is 3.12. The van der Waals surface area contributed by atoms with E-state index in [-0.39, 0.29) is 0 Å². The largest absolute Gasteiger partial charge is 0.384 e. The fourth-order valence-electron chi connectivity index (χ4n) is 2.22. The Labute approximate surface area is 119 Å².